The van der Waals surface area contributed by atoms with E-state index < -0.39 is 11.8 Å². The Balaban J connectivity index is 2.20. The Morgan fingerprint density at radius 1 is 1.40 bits per heavy atom. The Hall–Kier alpha value is -1.95. The lowest BCUT2D eigenvalue weighted by Gasteiger charge is -2.15. The number of ether oxygens (including phenoxy) is 1. The van der Waals surface area contributed by atoms with Crippen molar-refractivity contribution in [3.05, 3.63) is 29.6 Å². The van der Waals surface area contributed by atoms with Gasteiger partial charge in [-0.2, -0.15) is 0 Å². The molecule has 2 N–H and O–H groups in total. The second-order valence-corrected chi connectivity index (χ2v) is 4.91. The van der Waals surface area contributed by atoms with Gasteiger partial charge in [0.05, 0.1) is 24.3 Å². The maximum atomic E-state index is 13.2. The van der Waals surface area contributed by atoms with E-state index in [4.69, 9.17) is 0 Å². The smallest absolute Gasteiger partial charge is 0.340 e. The summed E-state index contributed by atoms with van der Waals surface area (Å²) >= 11 is 0. The van der Waals surface area contributed by atoms with E-state index in [1.54, 1.807) is 0 Å². The minimum absolute atomic E-state index is 0.0134. The zero-order valence-corrected chi connectivity index (χ0v) is 11.4. The van der Waals surface area contributed by atoms with E-state index >= 15 is 0 Å². The van der Waals surface area contributed by atoms with E-state index in [0.717, 1.165) is 12.6 Å². The van der Waals surface area contributed by atoms with Crippen LogP contribution >= 0.6 is 0 Å². The van der Waals surface area contributed by atoms with Gasteiger partial charge in [-0.15, -0.1) is 0 Å². The van der Waals surface area contributed by atoms with Gasteiger partial charge in [0, 0.05) is 6.54 Å². The Kier molecular flexibility index (Phi) is 4.34. The van der Waals surface area contributed by atoms with Crippen molar-refractivity contribution in [2.24, 2.45) is 11.8 Å². The molecule has 1 fully saturated rings. The van der Waals surface area contributed by atoms with Crippen molar-refractivity contribution in [2.75, 3.05) is 25.5 Å². The summed E-state index contributed by atoms with van der Waals surface area (Å²) in [6.45, 7) is 3.36. The molecule has 6 heteroatoms. The van der Waals surface area contributed by atoms with Gasteiger partial charge >= 0.3 is 5.97 Å². The molecule has 108 valence electrons. The molecule has 1 aromatic carbocycles. The molecule has 0 radical (unpaired) electrons. The molecule has 5 nitrogen and oxygen atoms in total. The maximum absolute atomic E-state index is 13.2. The summed E-state index contributed by atoms with van der Waals surface area (Å²) in [5.74, 6) is -1.36. The molecule has 2 rings (SSSR count). The first-order valence-corrected chi connectivity index (χ1v) is 6.42. The molecule has 1 aliphatic heterocycles. The quantitative estimate of drug-likeness (QED) is 0.821. The van der Waals surface area contributed by atoms with Crippen molar-refractivity contribution in [2.45, 2.75) is 6.92 Å². The van der Waals surface area contributed by atoms with Crippen molar-refractivity contribution in [3.8, 4) is 0 Å². The Morgan fingerprint density at radius 3 is 2.75 bits per heavy atom. The number of rotatable bonds is 3. The fourth-order valence-electron chi connectivity index (χ4n) is 2.29. The topological polar surface area (TPSA) is 67.4 Å². The molecule has 0 saturated carbocycles. The van der Waals surface area contributed by atoms with Gasteiger partial charge in [-0.05, 0) is 30.7 Å². The van der Waals surface area contributed by atoms with Crippen LogP contribution in [-0.2, 0) is 9.53 Å². The number of carbonyl (C=O) groups is 2. The number of nitrogens with one attached hydrogen (secondary N) is 2. The average Bonchev–Trinajstić information content (AvgIpc) is 2.86. The summed E-state index contributed by atoms with van der Waals surface area (Å²) in [4.78, 5) is 23.8. The Morgan fingerprint density at radius 2 is 2.15 bits per heavy atom. The van der Waals surface area contributed by atoms with Crippen LogP contribution in [0.4, 0.5) is 10.1 Å². The summed E-state index contributed by atoms with van der Waals surface area (Å²) in [5, 5.41) is 5.81. The summed E-state index contributed by atoms with van der Waals surface area (Å²) in [7, 11) is 1.21. The van der Waals surface area contributed by atoms with E-state index in [0.29, 0.717) is 6.54 Å². The molecule has 0 bridgehead atoms. The van der Waals surface area contributed by atoms with Crippen LogP contribution in [0.15, 0.2) is 18.2 Å². The lowest BCUT2D eigenvalue weighted by Crippen LogP contribution is -2.28. The molecular weight excluding hydrogens is 263 g/mol. The van der Waals surface area contributed by atoms with Crippen LogP contribution in [0.2, 0.25) is 0 Å². The minimum atomic E-state index is -0.683. The van der Waals surface area contributed by atoms with Crippen molar-refractivity contribution in [1.29, 1.82) is 0 Å². The van der Waals surface area contributed by atoms with Crippen LogP contribution in [0, 0.1) is 17.7 Å². The van der Waals surface area contributed by atoms with Crippen LogP contribution in [0.1, 0.15) is 17.3 Å². The van der Waals surface area contributed by atoms with Gasteiger partial charge in [-0.25, -0.2) is 9.18 Å². The zero-order valence-electron chi connectivity index (χ0n) is 11.4. The number of esters is 1. The summed E-state index contributed by atoms with van der Waals surface area (Å²) in [5.41, 5.74) is 0.279. The Labute approximate surface area is 116 Å². The number of methoxy groups -OCH3 is 1. The molecule has 0 aromatic heterocycles. The predicted octanol–water partition coefficient (Wildman–Crippen LogP) is 1.41. The number of halogens is 1. The van der Waals surface area contributed by atoms with Crippen molar-refractivity contribution in [1.82, 2.24) is 5.32 Å². The number of carbonyl (C=O) groups excluding carboxylic acids is 2. The molecular formula is C14H17FN2O3. The third-order valence-electron chi connectivity index (χ3n) is 3.50. The third-order valence-corrected chi connectivity index (χ3v) is 3.50. The van der Waals surface area contributed by atoms with Crippen molar-refractivity contribution >= 4 is 17.6 Å². The van der Waals surface area contributed by atoms with E-state index in [9.17, 15) is 14.0 Å². The summed E-state index contributed by atoms with van der Waals surface area (Å²) < 4.78 is 17.8. The van der Waals surface area contributed by atoms with Gasteiger partial charge in [-0.1, -0.05) is 6.92 Å². The second-order valence-electron chi connectivity index (χ2n) is 4.91. The first-order valence-electron chi connectivity index (χ1n) is 6.42. The molecule has 2 atom stereocenters. The van der Waals surface area contributed by atoms with Crippen molar-refractivity contribution < 1.29 is 18.7 Å². The highest BCUT2D eigenvalue weighted by atomic mass is 19.1. The summed E-state index contributed by atoms with van der Waals surface area (Å²) in [6, 6.07) is 3.61. The molecule has 0 aliphatic carbocycles. The van der Waals surface area contributed by atoms with Crippen LogP contribution in [0.3, 0.4) is 0 Å². The molecule has 2 unspecified atom stereocenters. The number of anilines is 1. The van der Waals surface area contributed by atoms with Crippen molar-refractivity contribution in [3.63, 3.8) is 0 Å². The van der Waals surface area contributed by atoms with Gasteiger partial charge in [-0.3, -0.25) is 4.79 Å². The van der Waals surface area contributed by atoms with Crippen LogP contribution < -0.4 is 10.6 Å². The second kappa shape index (κ2) is 6.00. The molecule has 1 amide bonds. The number of benzene rings is 1. The van der Waals surface area contributed by atoms with Gasteiger partial charge in [0.1, 0.15) is 5.82 Å². The van der Waals surface area contributed by atoms with Crippen LogP contribution in [0.25, 0.3) is 0 Å². The van der Waals surface area contributed by atoms with Gasteiger partial charge in [0.2, 0.25) is 5.91 Å². The largest absolute Gasteiger partial charge is 0.465 e. The van der Waals surface area contributed by atoms with Gasteiger partial charge < -0.3 is 15.4 Å². The van der Waals surface area contributed by atoms with E-state index in [1.807, 2.05) is 6.92 Å². The molecule has 1 aromatic rings. The van der Waals surface area contributed by atoms with E-state index in [1.165, 1.54) is 19.2 Å². The first kappa shape index (κ1) is 14.5. The number of hydrogen-bond acceptors (Lipinski definition) is 4. The van der Waals surface area contributed by atoms with E-state index in [-0.39, 0.29) is 29.0 Å². The average molecular weight is 280 g/mol. The number of amides is 1. The fourth-order valence-corrected chi connectivity index (χ4v) is 2.29. The summed E-state index contributed by atoms with van der Waals surface area (Å²) in [6.07, 6.45) is 0. The highest BCUT2D eigenvalue weighted by molar-refractivity contribution is 6.02. The molecule has 20 heavy (non-hydrogen) atoms. The molecule has 1 heterocycles. The minimum Gasteiger partial charge on any atom is -0.465 e. The fraction of sp³-hybridized carbons (Fsp3) is 0.429. The lowest BCUT2D eigenvalue weighted by molar-refractivity contribution is -0.120. The van der Waals surface area contributed by atoms with Crippen LogP contribution in [0.5, 0.6) is 0 Å². The lowest BCUT2D eigenvalue weighted by atomic mass is 9.97. The molecule has 1 aliphatic rings. The highest BCUT2D eigenvalue weighted by Gasteiger charge is 2.30. The first-order chi connectivity index (χ1) is 9.52. The third kappa shape index (κ3) is 2.96. The molecule has 0 spiro atoms. The zero-order chi connectivity index (χ0) is 14.7. The standard InChI is InChI=1S/C14H17FN2O3/c1-8-6-16-7-11(8)13(18)17-12-4-3-9(15)5-10(12)14(19)20-2/h3-5,8,11,16H,6-7H2,1-2H3,(H,17,18). The Bertz CT molecular complexity index is 533. The van der Waals surface area contributed by atoms with Crippen LogP contribution in [-0.4, -0.2) is 32.1 Å². The molecule has 1 saturated heterocycles. The monoisotopic (exact) mass is 280 g/mol. The predicted molar refractivity (Wildman–Crippen MR) is 71.9 cm³/mol. The van der Waals surface area contributed by atoms with Gasteiger partial charge in [0.25, 0.3) is 0 Å². The highest BCUT2D eigenvalue weighted by Crippen LogP contribution is 2.22. The number of hydrogen-bond donors (Lipinski definition) is 2. The maximum Gasteiger partial charge on any atom is 0.340 e. The SMILES string of the molecule is COC(=O)c1cc(F)ccc1NC(=O)C1CNCC1C. The normalized spacial score (nSPS) is 21.6. The van der Waals surface area contributed by atoms with E-state index in [2.05, 4.69) is 15.4 Å². The van der Waals surface area contributed by atoms with Gasteiger partial charge in [0.15, 0.2) is 0 Å².